The number of piperidine rings is 1. The number of aliphatic hydroxyl groups excluding tert-OH is 1. The summed E-state index contributed by atoms with van der Waals surface area (Å²) in [5.74, 6) is -0.803. The number of thiophene rings is 1. The van der Waals surface area contributed by atoms with Crippen LogP contribution >= 0.6 is 11.3 Å². The van der Waals surface area contributed by atoms with E-state index in [1.165, 1.54) is 29.7 Å². The molecule has 2 heterocycles. The highest BCUT2D eigenvalue weighted by Gasteiger charge is 2.22. The van der Waals surface area contributed by atoms with Crippen LogP contribution in [0.15, 0.2) is 77.9 Å². The van der Waals surface area contributed by atoms with Crippen molar-refractivity contribution in [3.8, 4) is 0 Å². The van der Waals surface area contributed by atoms with Crippen LogP contribution in [0.25, 0.3) is 10.1 Å². The van der Waals surface area contributed by atoms with E-state index < -0.39 is 11.7 Å². The van der Waals surface area contributed by atoms with Crippen LogP contribution in [-0.4, -0.2) is 47.7 Å². The van der Waals surface area contributed by atoms with Gasteiger partial charge in [-0.3, -0.25) is 14.5 Å². The number of aliphatic hydroxyl groups is 1. The Hall–Kier alpha value is -3.92. The van der Waals surface area contributed by atoms with Gasteiger partial charge in [0.2, 0.25) is 0 Å². The highest BCUT2D eigenvalue weighted by atomic mass is 32.1. The first-order chi connectivity index (χ1) is 19.0. The van der Waals surface area contributed by atoms with Gasteiger partial charge in [-0.2, -0.15) is 5.10 Å². The summed E-state index contributed by atoms with van der Waals surface area (Å²) in [6, 6.07) is 20.8. The molecule has 39 heavy (non-hydrogen) atoms. The van der Waals surface area contributed by atoms with E-state index in [9.17, 15) is 19.1 Å². The topological polar surface area (TPSA) is 94.0 Å². The van der Waals surface area contributed by atoms with Crippen LogP contribution in [0.5, 0.6) is 0 Å². The average Bonchev–Trinajstić information content (AvgIpc) is 3.31. The predicted octanol–water partition coefficient (Wildman–Crippen LogP) is 5.26. The van der Waals surface area contributed by atoms with E-state index in [-0.39, 0.29) is 12.5 Å². The fraction of sp³-hybridized carbons (Fsp3) is 0.233. The Labute approximate surface area is 230 Å². The molecule has 0 spiro atoms. The summed E-state index contributed by atoms with van der Waals surface area (Å²) in [6.07, 6.45) is 3.31. The van der Waals surface area contributed by atoms with Crippen LogP contribution in [0, 0.1) is 11.7 Å². The zero-order valence-corrected chi connectivity index (χ0v) is 22.1. The number of benzene rings is 3. The second-order valence-corrected chi connectivity index (χ2v) is 10.7. The van der Waals surface area contributed by atoms with Gasteiger partial charge in [0.15, 0.2) is 0 Å². The molecule has 0 unspecified atom stereocenters. The van der Waals surface area contributed by atoms with E-state index >= 15 is 0 Å². The standard InChI is InChI=1S/C30H29FN4O3S/c31-24-8-4-5-21(16-24)17-32-34-29(38)27-25-9-1-2-10-26(25)39-30(27)33-28(37)23-7-3-6-22(15-23)18-35-13-11-20(19-36)12-14-35/h1-10,15-17,20,36H,11-14,18-19H2,(H,33,37)(H,34,38). The lowest BCUT2D eigenvalue weighted by Gasteiger charge is -2.31. The molecule has 3 aromatic carbocycles. The summed E-state index contributed by atoms with van der Waals surface area (Å²) in [4.78, 5) is 28.8. The number of nitrogens with one attached hydrogen (secondary N) is 2. The van der Waals surface area contributed by atoms with E-state index in [0.29, 0.717) is 33.0 Å². The highest BCUT2D eigenvalue weighted by molar-refractivity contribution is 7.23. The summed E-state index contributed by atoms with van der Waals surface area (Å²) in [7, 11) is 0. The van der Waals surface area contributed by atoms with Gasteiger partial charge in [0.05, 0.1) is 11.8 Å². The summed E-state index contributed by atoms with van der Waals surface area (Å²) >= 11 is 1.32. The van der Waals surface area contributed by atoms with Crippen molar-refractivity contribution in [3.63, 3.8) is 0 Å². The third-order valence-corrected chi connectivity index (χ3v) is 7.92. The Morgan fingerprint density at radius 2 is 1.82 bits per heavy atom. The number of hydrogen-bond donors (Lipinski definition) is 3. The lowest BCUT2D eigenvalue weighted by Crippen LogP contribution is -2.34. The molecule has 200 valence electrons. The quantitative estimate of drug-likeness (QED) is 0.208. The molecule has 0 radical (unpaired) electrons. The minimum Gasteiger partial charge on any atom is -0.396 e. The van der Waals surface area contributed by atoms with Gasteiger partial charge in [-0.1, -0.05) is 42.5 Å². The fourth-order valence-corrected chi connectivity index (χ4v) is 5.83. The molecule has 1 saturated heterocycles. The number of halogens is 1. The Kier molecular flexibility index (Phi) is 8.41. The third kappa shape index (κ3) is 6.57. The molecule has 5 rings (SSSR count). The Morgan fingerprint density at radius 3 is 2.62 bits per heavy atom. The average molecular weight is 545 g/mol. The number of carbonyl (C=O) groups excluding carboxylic acids is 2. The number of nitrogens with zero attached hydrogens (tertiary/aromatic N) is 2. The van der Waals surface area contributed by atoms with E-state index in [2.05, 4.69) is 20.7 Å². The predicted molar refractivity (Wildman–Crippen MR) is 153 cm³/mol. The van der Waals surface area contributed by atoms with Crippen molar-refractivity contribution in [3.05, 3.63) is 101 Å². The molecule has 4 aromatic rings. The number of anilines is 1. The van der Waals surface area contributed by atoms with Crippen molar-refractivity contribution >= 4 is 44.5 Å². The van der Waals surface area contributed by atoms with Crippen molar-refractivity contribution in [1.29, 1.82) is 0 Å². The minimum atomic E-state index is -0.476. The zero-order valence-electron chi connectivity index (χ0n) is 21.3. The van der Waals surface area contributed by atoms with Gasteiger partial charge in [-0.25, -0.2) is 9.82 Å². The maximum Gasteiger partial charge on any atom is 0.275 e. The minimum absolute atomic E-state index is 0.237. The van der Waals surface area contributed by atoms with E-state index in [1.807, 2.05) is 42.5 Å². The first-order valence-corrected chi connectivity index (χ1v) is 13.7. The van der Waals surface area contributed by atoms with Crippen molar-refractivity contribution in [2.24, 2.45) is 11.0 Å². The van der Waals surface area contributed by atoms with Gasteiger partial charge in [0, 0.05) is 28.8 Å². The summed E-state index contributed by atoms with van der Waals surface area (Å²) < 4.78 is 14.3. The largest absolute Gasteiger partial charge is 0.396 e. The number of amides is 2. The molecule has 0 atom stereocenters. The SMILES string of the molecule is O=C(Nc1sc2ccccc2c1C(=O)NN=Cc1cccc(F)c1)c1cccc(CN2CCC(CO)CC2)c1. The van der Waals surface area contributed by atoms with E-state index in [4.69, 9.17) is 0 Å². The normalized spacial score (nSPS) is 14.6. The molecule has 3 N–H and O–H groups in total. The van der Waals surface area contributed by atoms with Gasteiger partial charge in [0.1, 0.15) is 10.8 Å². The number of fused-ring (bicyclic) bond motifs is 1. The molecule has 2 amide bonds. The van der Waals surface area contributed by atoms with Crippen molar-refractivity contribution in [1.82, 2.24) is 10.3 Å². The molecule has 0 bridgehead atoms. The number of likely N-dealkylation sites (tertiary alicyclic amines) is 1. The first kappa shape index (κ1) is 26.7. The summed E-state index contributed by atoms with van der Waals surface area (Å²) in [5, 5.41) is 17.4. The lowest BCUT2D eigenvalue weighted by molar-refractivity contribution is 0.0958. The fourth-order valence-electron chi connectivity index (χ4n) is 4.74. The molecule has 0 saturated carbocycles. The monoisotopic (exact) mass is 544 g/mol. The molecule has 1 aliphatic rings. The van der Waals surface area contributed by atoms with Gasteiger partial charge < -0.3 is 10.4 Å². The molecular weight excluding hydrogens is 515 g/mol. The van der Waals surface area contributed by atoms with Crippen molar-refractivity contribution in [2.75, 3.05) is 25.0 Å². The van der Waals surface area contributed by atoms with Gasteiger partial charge in [-0.05, 0) is 73.3 Å². The van der Waals surface area contributed by atoms with E-state index in [1.54, 1.807) is 18.2 Å². The Bertz CT molecular complexity index is 1510. The van der Waals surface area contributed by atoms with Crippen LogP contribution in [0.3, 0.4) is 0 Å². The van der Waals surface area contributed by atoms with Crippen LogP contribution in [-0.2, 0) is 6.54 Å². The second-order valence-electron chi connectivity index (χ2n) is 9.61. The third-order valence-electron chi connectivity index (χ3n) is 6.84. The molecule has 1 fully saturated rings. The number of carbonyl (C=O) groups is 2. The Morgan fingerprint density at radius 1 is 1.03 bits per heavy atom. The lowest BCUT2D eigenvalue weighted by atomic mass is 9.97. The summed E-state index contributed by atoms with van der Waals surface area (Å²) in [6.45, 7) is 2.81. The first-order valence-electron chi connectivity index (χ1n) is 12.8. The second kappa shape index (κ2) is 12.3. The van der Waals surface area contributed by atoms with Crippen molar-refractivity contribution in [2.45, 2.75) is 19.4 Å². The van der Waals surface area contributed by atoms with Gasteiger partial charge in [0.25, 0.3) is 11.8 Å². The van der Waals surface area contributed by atoms with Crippen LogP contribution in [0.1, 0.15) is 44.7 Å². The zero-order chi connectivity index (χ0) is 27.2. The maximum absolute atomic E-state index is 13.4. The van der Waals surface area contributed by atoms with Crippen LogP contribution in [0.2, 0.25) is 0 Å². The van der Waals surface area contributed by atoms with E-state index in [0.717, 1.165) is 42.7 Å². The molecule has 1 aliphatic heterocycles. The Balaban J connectivity index is 1.31. The molecule has 9 heteroatoms. The van der Waals surface area contributed by atoms with Crippen molar-refractivity contribution < 1.29 is 19.1 Å². The van der Waals surface area contributed by atoms with Gasteiger partial charge >= 0.3 is 0 Å². The van der Waals surface area contributed by atoms with Crippen LogP contribution < -0.4 is 10.7 Å². The summed E-state index contributed by atoms with van der Waals surface area (Å²) in [5.41, 5.74) is 4.87. The number of hydrogen-bond acceptors (Lipinski definition) is 6. The van der Waals surface area contributed by atoms with Crippen LogP contribution in [0.4, 0.5) is 9.39 Å². The molecular formula is C30H29FN4O3S. The van der Waals surface area contributed by atoms with Gasteiger partial charge in [-0.15, -0.1) is 11.3 Å². The molecule has 0 aliphatic carbocycles. The number of hydrazone groups is 1. The molecule has 1 aromatic heterocycles. The smallest absolute Gasteiger partial charge is 0.275 e. The maximum atomic E-state index is 13.4. The number of rotatable bonds is 8. The highest BCUT2D eigenvalue weighted by Crippen LogP contribution is 2.36. The molecule has 7 nitrogen and oxygen atoms in total.